The number of rotatable bonds is 8. The number of anilines is 3. The van der Waals surface area contributed by atoms with E-state index in [0.717, 1.165) is 24.0 Å². The second kappa shape index (κ2) is 10.2. The number of aryl methyl sites for hydroxylation is 1. The van der Waals surface area contributed by atoms with Gasteiger partial charge in [0.15, 0.2) is 11.6 Å². The Labute approximate surface area is 206 Å². The molecule has 186 valence electrons. The Kier molecular flexibility index (Phi) is 7.68. The number of sulfonamides is 2. The molecule has 8 nitrogen and oxygen atoms in total. The molecular formula is C22H20ClF2N3O5S2. The van der Waals surface area contributed by atoms with E-state index in [4.69, 9.17) is 11.6 Å². The van der Waals surface area contributed by atoms with Gasteiger partial charge in [0, 0.05) is 16.8 Å². The highest BCUT2D eigenvalue weighted by atomic mass is 35.5. The summed E-state index contributed by atoms with van der Waals surface area (Å²) in [5, 5.41) is 2.83. The van der Waals surface area contributed by atoms with Gasteiger partial charge in [-0.25, -0.2) is 25.6 Å². The van der Waals surface area contributed by atoms with E-state index >= 15 is 0 Å². The van der Waals surface area contributed by atoms with Crippen molar-refractivity contribution in [3.8, 4) is 0 Å². The summed E-state index contributed by atoms with van der Waals surface area (Å²) in [6.45, 7) is 1.06. The van der Waals surface area contributed by atoms with Crippen molar-refractivity contribution in [1.82, 2.24) is 0 Å². The number of nitrogens with one attached hydrogen (secondary N) is 2. The maximum atomic E-state index is 13.6. The number of carbonyl (C=O) groups is 1. The molecule has 3 rings (SSSR count). The number of hydrogen-bond acceptors (Lipinski definition) is 5. The molecule has 3 aromatic carbocycles. The molecule has 0 aliphatic rings. The summed E-state index contributed by atoms with van der Waals surface area (Å²) in [4.78, 5) is 12.4. The van der Waals surface area contributed by atoms with E-state index in [2.05, 4.69) is 10.0 Å². The van der Waals surface area contributed by atoms with Gasteiger partial charge in [-0.2, -0.15) is 0 Å². The van der Waals surface area contributed by atoms with Crippen LogP contribution >= 0.6 is 11.6 Å². The molecule has 0 aromatic heterocycles. The largest absolute Gasteiger partial charge is 0.325 e. The van der Waals surface area contributed by atoms with Gasteiger partial charge in [0.2, 0.25) is 15.9 Å². The van der Waals surface area contributed by atoms with Crippen LogP contribution < -0.4 is 14.3 Å². The van der Waals surface area contributed by atoms with E-state index in [1.807, 2.05) is 0 Å². The van der Waals surface area contributed by atoms with E-state index in [1.54, 1.807) is 19.1 Å². The van der Waals surface area contributed by atoms with Gasteiger partial charge < -0.3 is 5.32 Å². The Hall–Kier alpha value is -3.22. The average Bonchev–Trinajstić information content (AvgIpc) is 2.76. The monoisotopic (exact) mass is 543 g/mol. The van der Waals surface area contributed by atoms with Gasteiger partial charge in [0.05, 0.1) is 22.5 Å². The molecule has 0 aliphatic carbocycles. The molecule has 0 radical (unpaired) electrons. The lowest BCUT2D eigenvalue weighted by molar-refractivity contribution is -0.114. The molecule has 0 fully saturated rings. The minimum atomic E-state index is -4.01. The van der Waals surface area contributed by atoms with E-state index in [1.165, 1.54) is 30.3 Å². The molecular weight excluding hydrogens is 524 g/mol. The summed E-state index contributed by atoms with van der Waals surface area (Å²) in [7, 11) is -7.96. The zero-order chi connectivity index (χ0) is 26.0. The van der Waals surface area contributed by atoms with Crippen LogP contribution in [0.15, 0.2) is 65.6 Å². The van der Waals surface area contributed by atoms with Crippen LogP contribution in [0.2, 0.25) is 5.02 Å². The third-order valence-electron chi connectivity index (χ3n) is 4.75. The van der Waals surface area contributed by atoms with Crippen LogP contribution in [0, 0.1) is 18.6 Å². The number of carbonyl (C=O) groups excluding carboxylic acids is 1. The molecule has 0 bridgehead atoms. The molecule has 35 heavy (non-hydrogen) atoms. The van der Waals surface area contributed by atoms with Crippen LogP contribution in [-0.4, -0.2) is 35.5 Å². The lowest BCUT2D eigenvalue weighted by atomic mass is 10.2. The van der Waals surface area contributed by atoms with Gasteiger partial charge >= 0.3 is 0 Å². The van der Waals surface area contributed by atoms with Crippen molar-refractivity contribution in [2.75, 3.05) is 27.1 Å². The first-order chi connectivity index (χ1) is 16.3. The Morgan fingerprint density at radius 1 is 0.914 bits per heavy atom. The molecule has 3 aromatic rings. The van der Waals surface area contributed by atoms with Gasteiger partial charge in [-0.05, 0) is 61.0 Å². The second-order valence-corrected chi connectivity index (χ2v) is 11.5. The minimum Gasteiger partial charge on any atom is -0.325 e. The van der Waals surface area contributed by atoms with Crippen molar-refractivity contribution in [2.45, 2.75) is 11.8 Å². The summed E-state index contributed by atoms with van der Waals surface area (Å²) >= 11 is 6.02. The van der Waals surface area contributed by atoms with Gasteiger partial charge in [-0.15, -0.1) is 0 Å². The van der Waals surface area contributed by atoms with Crippen LogP contribution in [0.4, 0.5) is 25.8 Å². The topological polar surface area (TPSA) is 113 Å². The molecule has 0 heterocycles. The van der Waals surface area contributed by atoms with Crippen LogP contribution in [-0.2, 0) is 24.8 Å². The molecule has 1 amide bonds. The van der Waals surface area contributed by atoms with Crippen LogP contribution in [0.5, 0.6) is 0 Å². The van der Waals surface area contributed by atoms with Crippen molar-refractivity contribution in [2.24, 2.45) is 0 Å². The van der Waals surface area contributed by atoms with Crippen molar-refractivity contribution < 1.29 is 30.4 Å². The van der Waals surface area contributed by atoms with Gasteiger partial charge in [-0.1, -0.05) is 17.7 Å². The molecule has 2 N–H and O–H groups in total. The first kappa shape index (κ1) is 26.4. The summed E-state index contributed by atoms with van der Waals surface area (Å²) in [5.41, 5.74) is 1.01. The number of amides is 1. The quantitative estimate of drug-likeness (QED) is 0.443. The van der Waals surface area contributed by atoms with Crippen molar-refractivity contribution in [3.63, 3.8) is 0 Å². The third kappa shape index (κ3) is 6.68. The first-order valence-electron chi connectivity index (χ1n) is 9.88. The number of benzene rings is 3. The molecule has 0 saturated carbocycles. The van der Waals surface area contributed by atoms with E-state index < -0.39 is 44.1 Å². The van der Waals surface area contributed by atoms with Crippen molar-refractivity contribution in [3.05, 3.63) is 82.9 Å². The average molecular weight is 544 g/mol. The standard InChI is InChI=1S/C22H20ClF2N3O5S2/c1-14-3-4-16(11-19(14)23)27-35(32,33)18-8-5-15(6-9-18)26-22(29)13-28(34(2,30)31)17-7-10-20(24)21(25)12-17/h3-12,27H,13H2,1-2H3,(H,26,29). The van der Waals surface area contributed by atoms with Gasteiger partial charge in [-0.3, -0.25) is 13.8 Å². The fraction of sp³-hybridized carbons (Fsp3) is 0.136. The summed E-state index contributed by atoms with van der Waals surface area (Å²) in [6, 6.07) is 12.3. The predicted octanol–water partition coefficient (Wildman–Crippen LogP) is 4.13. The van der Waals surface area contributed by atoms with Crippen LogP contribution in [0.25, 0.3) is 0 Å². The summed E-state index contributed by atoms with van der Waals surface area (Å²) in [5.74, 6) is -3.22. The fourth-order valence-corrected chi connectivity index (χ4v) is 5.04. The lowest BCUT2D eigenvalue weighted by Gasteiger charge is -2.22. The molecule has 0 atom stereocenters. The Morgan fingerprint density at radius 3 is 2.11 bits per heavy atom. The molecule has 0 aliphatic heterocycles. The fourth-order valence-electron chi connectivity index (χ4n) is 2.96. The number of nitrogens with zero attached hydrogens (tertiary/aromatic N) is 1. The molecule has 0 saturated heterocycles. The maximum Gasteiger partial charge on any atom is 0.261 e. The zero-order valence-electron chi connectivity index (χ0n) is 18.4. The predicted molar refractivity (Wildman–Crippen MR) is 131 cm³/mol. The maximum absolute atomic E-state index is 13.6. The van der Waals surface area contributed by atoms with E-state index in [0.29, 0.717) is 15.4 Å². The van der Waals surface area contributed by atoms with E-state index in [9.17, 15) is 30.4 Å². The number of hydrogen-bond donors (Lipinski definition) is 2. The Bertz CT molecular complexity index is 1480. The van der Waals surface area contributed by atoms with Gasteiger partial charge in [0.25, 0.3) is 10.0 Å². The van der Waals surface area contributed by atoms with Gasteiger partial charge in [0.1, 0.15) is 6.54 Å². The molecule has 13 heteroatoms. The summed E-state index contributed by atoms with van der Waals surface area (Å²) in [6.07, 6.45) is 0.815. The third-order valence-corrected chi connectivity index (χ3v) is 7.70. The highest BCUT2D eigenvalue weighted by Gasteiger charge is 2.22. The summed E-state index contributed by atoms with van der Waals surface area (Å²) < 4.78 is 79.2. The van der Waals surface area contributed by atoms with Crippen molar-refractivity contribution in [1.29, 1.82) is 0 Å². The SMILES string of the molecule is Cc1ccc(NS(=O)(=O)c2ccc(NC(=O)CN(c3ccc(F)c(F)c3)S(C)(=O)=O)cc2)cc1Cl. The molecule has 0 unspecified atom stereocenters. The minimum absolute atomic E-state index is 0.0910. The smallest absolute Gasteiger partial charge is 0.261 e. The van der Waals surface area contributed by atoms with Crippen LogP contribution in [0.3, 0.4) is 0 Å². The van der Waals surface area contributed by atoms with E-state index in [-0.39, 0.29) is 22.0 Å². The lowest BCUT2D eigenvalue weighted by Crippen LogP contribution is -2.37. The second-order valence-electron chi connectivity index (χ2n) is 7.51. The first-order valence-corrected chi connectivity index (χ1v) is 13.6. The highest BCUT2D eigenvalue weighted by Crippen LogP contribution is 2.24. The number of halogens is 3. The Morgan fingerprint density at radius 2 is 1.54 bits per heavy atom. The zero-order valence-corrected chi connectivity index (χ0v) is 20.8. The highest BCUT2D eigenvalue weighted by molar-refractivity contribution is 7.92. The normalized spacial score (nSPS) is 11.7. The Balaban J connectivity index is 1.72. The van der Waals surface area contributed by atoms with Crippen molar-refractivity contribution >= 4 is 54.6 Å². The molecule has 0 spiro atoms. The van der Waals surface area contributed by atoms with Crippen LogP contribution in [0.1, 0.15) is 5.56 Å².